The number of nitrogens with one attached hydrogen (secondary N) is 1. The third-order valence-corrected chi connectivity index (χ3v) is 5.59. The summed E-state index contributed by atoms with van der Waals surface area (Å²) in [4.78, 5) is 27.9. The first-order valence-electron chi connectivity index (χ1n) is 8.73. The first-order chi connectivity index (χ1) is 13.2. The standard InChI is InChI=1S/C19H18ClN5OS/c20-14-3-1-13(2-4-14)17-21-8-5-16(24-17)18(26)23-15-6-10-25(11-7-15)19-22-9-12-27-19/h1-5,8-9,12,15H,6-7,10-11H2,(H,23,26). The summed E-state index contributed by atoms with van der Waals surface area (Å²) in [6.07, 6.45) is 5.21. The number of nitrogens with zero attached hydrogens (tertiary/aromatic N) is 4. The van der Waals surface area contributed by atoms with Gasteiger partial charge in [-0.3, -0.25) is 4.79 Å². The van der Waals surface area contributed by atoms with Crippen LogP contribution in [0.2, 0.25) is 5.02 Å². The molecule has 0 atom stereocenters. The van der Waals surface area contributed by atoms with Gasteiger partial charge in [-0.15, -0.1) is 11.3 Å². The summed E-state index contributed by atoms with van der Waals surface area (Å²) in [6, 6.07) is 9.02. The Morgan fingerprint density at radius 3 is 2.59 bits per heavy atom. The molecule has 0 unspecified atom stereocenters. The Morgan fingerprint density at radius 1 is 1.11 bits per heavy atom. The van der Waals surface area contributed by atoms with Gasteiger partial charge in [-0.2, -0.15) is 0 Å². The number of halogens is 1. The number of hydrogen-bond acceptors (Lipinski definition) is 6. The van der Waals surface area contributed by atoms with Gasteiger partial charge in [0.05, 0.1) is 0 Å². The van der Waals surface area contributed by atoms with Crippen molar-refractivity contribution in [1.29, 1.82) is 0 Å². The second kappa shape index (κ2) is 8.02. The van der Waals surface area contributed by atoms with Gasteiger partial charge in [-0.25, -0.2) is 15.0 Å². The maximum Gasteiger partial charge on any atom is 0.270 e. The first kappa shape index (κ1) is 17.9. The van der Waals surface area contributed by atoms with E-state index in [-0.39, 0.29) is 11.9 Å². The van der Waals surface area contributed by atoms with Crippen molar-refractivity contribution in [3.63, 3.8) is 0 Å². The maximum atomic E-state index is 12.6. The van der Waals surface area contributed by atoms with Crippen LogP contribution >= 0.6 is 22.9 Å². The van der Waals surface area contributed by atoms with Crippen LogP contribution in [-0.2, 0) is 0 Å². The minimum atomic E-state index is -0.166. The van der Waals surface area contributed by atoms with E-state index < -0.39 is 0 Å². The lowest BCUT2D eigenvalue weighted by molar-refractivity contribution is 0.0926. The van der Waals surface area contributed by atoms with Crippen molar-refractivity contribution in [2.45, 2.75) is 18.9 Å². The number of carbonyl (C=O) groups excluding carboxylic acids is 1. The van der Waals surface area contributed by atoms with Gasteiger partial charge in [-0.05, 0) is 43.2 Å². The molecule has 3 heterocycles. The summed E-state index contributed by atoms with van der Waals surface area (Å²) in [7, 11) is 0. The molecule has 0 radical (unpaired) electrons. The number of anilines is 1. The number of benzene rings is 1. The van der Waals surface area contributed by atoms with Crippen molar-refractivity contribution in [2.75, 3.05) is 18.0 Å². The molecule has 27 heavy (non-hydrogen) atoms. The molecule has 1 aromatic carbocycles. The van der Waals surface area contributed by atoms with Crippen molar-refractivity contribution in [3.05, 3.63) is 58.8 Å². The van der Waals surface area contributed by atoms with Gasteiger partial charge in [0.1, 0.15) is 5.69 Å². The number of thiazole rings is 1. The molecule has 0 spiro atoms. The summed E-state index contributed by atoms with van der Waals surface area (Å²) in [5.41, 5.74) is 1.20. The van der Waals surface area contributed by atoms with E-state index in [0.717, 1.165) is 36.6 Å². The van der Waals surface area contributed by atoms with Gasteiger partial charge in [0.25, 0.3) is 5.91 Å². The quantitative estimate of drug-likeness (QED) is 0.725. The third-order valence-electron chi connectivity index (χ3n) is 4.51. The lowest BCUT2D eigenvalue weighted by Gasteiger charge is -2.32. The fourth-order valence-corrected chi connectivity index (χ4v) is 3.89. The SMILES string of the molecule is O=C(NC1CCN(c2nccs2)CC1)c1ccnc(-c2ccc(Cl)cc2)n1. The van der Waals surface area contributed by atoms with Gasteiger partial charge in [0.2, 0.25) is 0 Å². The summed E-state index contributed by atoms with van der Waals surface area (Å²) < 4.78 is 0. The molecule has 0 bridgehead atoms. The van der Waals surface area contributed by atoms with E-state index in [1.54, 1.807) is 35.7 Å². The Balaban J connectivity index is 1.39. The minimum absolute atomic E-state index is 0.141. The van der Waals surface area contributed by atoms with E-state index >= 15 is 0 Å². The summed E-state index contributed by atoms with van der Waals surface area (Å²) in [5.74, 6) is 0.346. The average Bonchev–Trinajstić information content (AvgIpc) is 3.24. The molecule has 1 aliphatic rings. The summed E-state index contributed by atoms with van der Waals surface area (Å²) in [6.45, 7) is 1.77. The number of hydrogen-bond donors (Lipinski definition) is 1. The predicted octanol–water partition coefficient (Wildman–Crippen LogP) is 3.65. The normalized spacial score (nSPS) is 14.9. The van der Waals surface area contributed by atoms with Crippen LogP contribution in [0.25, 0.3) is 11.4 Å². The number of piperidine rings is 1. The van der Waals surface area contributed by atoms with Gasteiger partial charge in [0, 0.05) is 47.5 Å². The number of carbonyl (C=O) groups is 1. The summed E-state index contributed by atoms with van der Waals surface area (Å²) in [5, 5.41) is 6.77. The Labute approximate surface area is 166 Å². The van der Waals surface area contributed by atoms with Gasteiger partial charge < -0.3 is 10.2 Å². The predicted molar refractivity (Wildman–Crippen MR) is 107 cm³/mol. The molecule has 0 aliphatic carbocycles. The molecule has 2 aromatic heterocycles. The van der Waals surface area contributed by atoms with E-state index in [4.69, 9.17) is 11.6 Å². The number of rotatable bonds is 4. The van der Waals surface area contributed by atoms with Crippen LogP contribution in [0.1, 0.15) is 23.3 Å². The van der Waals surface area contributed by atoms with Crippen molar-refractivity contribution >= 4 is 34.0 Å². The highest BCUT2D eigenvalue weighted by atomic mass is 35.5. The first-order valence-corrected chi connectivity index (χ1v) is 9.99. The smallest absolute Gasteiger partial charge is 0.270 e. The molecule has 1 amide bonds. The minimum Gasteiger partial charge on any atom is -0.348 e. The van der Waals surface area contributed by atoms with Crippen LogP contribution in [0.3, 0.4) is 0 Å². The van der Waals surface area contributed by atoms with Crippen molar-refractivity contribution < 1.29 is 4.79 Å². The second-order valence-electron chi connectivity index (χ2n) is 6.32. The second-order valence-corrected chi connectivity index (χ2v) is 7.63. The van der Waals surface area contributed by atoms with Crippen LogP contribution < -0.4 is 10.2 Å². The van der Waals surface area contributed by atoms with Gasteiger partial charge >= 0.3 is 0 Å². The van der Waals surface area contributed by atoms with E-state index in [0.29, 0.717) is 16.5 Å². The zero-order chi connectivity index (χ0) is 18.6. The van der Waals surface area contributed by atoms with E-state index in [1.165, 1.54) is 0 Å². The largest absolute Gasteiger partial charge is 0.348 e. The van der Waals surface area contributed by atoms with Crippen LogP contribution in [0.4, 0.5) is 5.13 Å². The molecular formula is C19H18ClN5OS. The molecule has 1 aliphatic heterocycles. The fraction of sp³-hybridized carbons (Fsp3) is 0.263. The maximum absolute atomic E-state index is 12.6. The molecule has 0 saturated carbocycles. The highest BCUT2D eigenvalue weighted by Gasteiger charge is 2.23. The molecule has 1 N–H and O–H groups in total. The molecular weight excluding hydrogens is 382 g/mol. The molecule has 1 fully saturated rings. The third kappa shape index (κ3) is 4.26. The number of aromatic nitrogens is 3. The molecule has 6 nitrogen and oxygen atoms in total. The molecule has 8 heteroatoms. The highest BCUT2D eigenvalue weighted by Crippen LogP contribution is 2.22. The lowest BCUT2D eigenvalue weighted by Crippen LogP contribution is -2.44. The van der Waals surface area contributed by atoms with Crippen LogP contribution in [-0.4, -0.2) is 40.0 Å². The Bertz CT molecular complexity index is 908. The Kier molecular flexibility index (Phi) is 5.31. The number of amides is 1. The Morgan fingerprint density at radius 2 is 1.89 bits per heavy atom. The molecule has 1 saturated heterocycles. The highest BCUT2D eigenvalue weighted by molar-refractivity contribution is 7.13. The fourth-order valence-electron chi connectivity index (χ4n) is 3.07. The van der Waals surface area contributed by atoms with E-state index in [9.17, 15) is 4.79 Å². The molecule has 4 rings (SSSR count). The van der Waals surface area contributed by atoms with E-state index in [1.807, 2.05) is 23.7 Å². The van der Waals surface area contributed by atoms with E-state index in [2.05, 4.69) is 25.2 Å². The van der Waals surface area contributed by atoms with Crippen molar-refractivity contribution in [3.8, 4) is 11.4 Å². The van der Waals surface area contributed by atoms with Gasteiger partial charge in [-0.1, -0.05) is 11.6 Å². The Hall–Kier alpha value is -2.51. The van der Waals surface area contributed by atoms with Gasteiger partial charge in [0.15, 0.2) is 11.0 Å². The molecule has 138 valence electrons. The van der Waals surface area contributed by atoms with Crippen molar-refractivity contribution in [1.82, 2.24) is 20.3 Å². The lowest BCUT2D eigenvalue weighted by atomic mass is 10.1. The monoisotopic (exact) mass is 399 g/mol. The van der Waals surface area contributed by atoms with Crippen LogP contribution in [0.15, 0.2) is 48.1 Å². The zero-order valence-corrected chi connectivity index (χ0v) is 16.1. The van der Waals surface area contributed by atoms with Crippen molar-refractivity contribution in [2.24, 2.45) is 0 Å². The van der Waals surface area contributed by atoms with Crippen LogP contribution in [0, 0.1) is 0 Å². The zero-order valence-electron chi connectivity index (χ0n) is 14.5. The average molecular weight is 400 g/mol. The van der Waals surface area contributed by atoms with Crippen LogP contribution in [0.5, 0.6) is 0 Å². The summed E-state index contributed by atoms with van der Waals surface area (Å²) >= 11 is 7.56. The molecule has 3 aromatic rings. The topological polar surface area (TPSA) is 71.0 Å².